The maximum Gasteiger partial charge on any atom is 0.403 e. The van der Waals surface area contributed by atoms with Crippen molar-refractivity contribution in [2.45, 2.75) is 50.7 Å². The molecule has 0 aromatic rings. The highest BCUT2D eigenvalue weighted by Gasteiger charge is 2.29. The number of carbonyl (C=O) groups is 4. The predicted molar refractivity (Wildman–Crippen MR) is 89.7 cm³/mol. The fourth-order valence-corrected chi connectivity index (χ4v) is 2.89. The summed E-state index contributed by atoms with van der Waals surface area (Å²) >= 11 is 0. The smallest absolute Gasteiger partial charge is 0.403 e. The van der Waals surface area contributed by atoms with Crippen molar-refractivity contribution in [2.24, 2.45) is 5.73 Å². The van der Waals surface area contributed by atoms with Crippen LogP contribution in [0.3, 0.4) is 0 Å². The monoisotopic (exact) mass is 413 g/mol. The molecule has 0 aliphatic carbocycles. The molecule has 0 saturated heterocycles. The molecule has 4 atom stereocenters. The lowest BCUT2D eigenvalue weighted by molar-refractivity contribution is -0.141. The molecule has 0 spiro atoms. The van der Waals surface area contributed by atoms with E-state index in [9.17, 15) is 28.6 Å². The Kier molecular flexibility index (Phi) is 10.7. The Morgan fingerprint density at radius 3 is 2.15 bits per heavy atom. The van der Waals surface area contributed by atoms with Gasteiger partial charge in [0.15, 0.2) is 0 Å². The maximum atomic E-state index is 11.9. The first-order valence-electron chi connectivity index (χ1n) is 7.81. The zero-order chi connectivity index (χ0) is 21.2. The van der Waals surface area contributed by atoms with Gasteiger partial charge in [0.2, 0.25) is 5.91 Å². The summed E-state index contributed by atoms with van der Waals surface area (Å²) in [5, 5.41) is 30.3. The second kappa shape index (κ2) is 11.6. The number of aliphatic carboxylic acids is 3. The quantitative estimate of drug-likeness (QED) is 0.165. The van der Waals surface area contributed by atoms with Crippen LogP contribution in [-0.2, 0) is 28.3 Å². The van der Waals surface area contributed by atoms with Crippen molar-refractivity contribution < 1.29 is 48.5 Å². The molecule has 8 N–H and O–H groups in total. The zero-order valence-electron chi connectivity index (χ0n) is 14.5. The van der Waals surface area contributed by atoms with Crippen molar-refractivity contribution in [3.63, 3.8) is 0 Å². The van der Waals surface area contributed by atoms with Crippen LogP contribution >= 0.6 is 7.75 Å². The van der Waals surface area contributed by atoms with Crippen LogP contribution in [0, 0.1) is 0 Å². The minimum atomic E-state index is -4.58. The van der Waals surface area contributed by atoms with E-state index in [-0.39, 0.29) is 12.8 Å². The third-order valence-electron chi connectivity index (χ3n) is 3.17. The number of nitrogens with two attached hydrogens (primary N) is 1. The van der Waals surface area contributed by atoms with Gasteiger partial charge in [-0.1, -0.05) is 0 Å². The molecular weight excluding hydrogens is 389 g/mol. The fraction of sp³-hybridized carbons (Fsp3) is 0.692. The summed E-state index contributed by atoms with van der Waals surface area (Å²) in [5.74, 6) is -4.59. The van der Waals surface area contributed by atoms with Crippen LogP contribution in [0.15, 0.2) is 0 Å². The standard InChI is InChI=1S/C13H24N3O10P/c1-7(15-10(17)4-2-8(14)12(20)21)6-26-27(24,25)16-9(13(22)23)3-5-11(18)19/h7-9H,2-6,14H2,1H3,(H,15,17)(H,18,19)(H,20,21)(H,22,23)(H2,16,24,25)/t7-,8+,9+/m1/s1. The molecule has 0 aromatic carbocycles. The van der Waals surface area contributed by atoms with Crippen LogP contribution in [0.4, 0.5) is 0 Å². The number of hydrogen-bond donors (Lipinski definition) is 7. The van der Waals surface area contributed by atoms with Crippen LogP contribution in [-0.4, -0.2) is 68.8 Å². The van der Waals surface area contributed by atoms with Gasteiger partial charge in [0.1, 0.15) is 12.1 Å². The molecule has 0 heterocycles. The van der Waals surface area contributed by atoms with Crippen LogP contribution in [0.1, 0.15) is 32.6 Å². The van der Waals surface area contributed by atoms with E-state index in [2.05, 4.69) is 5.32 Å². The fourth-order valence-electron chi connectivity index (χ4n) is 1.76. The molecule has 14 heteroatoms. The molecule has 0 saturated carbocycles. The predicted octanol–water partition coefficient (Wildman–Crippen LogP) is -1.29. The lowest BCUT2D eigenvalue weighted by Gasteiger charge is -2.20. The molecule has 0 rings (SSSR count). The minimum Gasteiger partial charge on any atom is -0.481 e. The van der Waals surface area contributed by atoms with E-state index in [0.29, 0.717) is 0 Å². The average molecular weight is 413 g/mol. The second-order valence-electron chi connectivity index (χ2n) is 5.72. The molecule has 0 aliphatic heterocycles. The van der Waals surface area contributed by atoms with Gasteiger partial charge >= 0.3 is 25.7 Å². The SMILES string of the molecule is C[C@H](COP(=O)(O)N[C@@H](CCC(=O)O)C(=O)O)NC(=O)CC[C@H](N)C(=O)O. The molecule has 156 valence electrons. The highest BCUT2D eigenvalue weighted by Crippen LogP contribution is 2.38. The molecule has 0 aliphatic rings. The summed E-state index contributed by atoms with van der Waals surface area (Å²) in [4.78, 5) is 53.3. The molecule has 0 fully saturated rings. The first kappa shape index (κ1) is 24.9. The molecule has 27 heavy (non-hydrogen) atoms. The van der Waals surface area contributed by atoms with E-state index in [1.54, 1.807) is 0 Å². The number of carboxylic acids is 3. The molecule has 0 radical (unpaired) electrons. The van der Waals surface area contributed by atoms with Crippen molar-refractivity contribution in [2.75, 3.05) is 6.61 Å². The first-order chi connectivity index (χ1) is 12.3. The van der Waals surface area contributed by atoms with E-state index in [1.807, 2.05) is 5.09 Å². The first-order valence-corrected chi connectivity index (χ1v) is 9.39. The normalized spacial score (nSPS) is 16.6. The van der Waals surface area contributed by atoms with Crippen molar-refractivity contribution in [3.05, 3.63) is 0 Å². The van der Waals surface area contributed by atoms with Gasteiger partial charge in [-0.2, -0.15) is 0 Å². The third kappa shape index (κ3) is 12.0. The summed E-state index contributed by atoms with van der Waals surface area (Å²) in [6.45, 7) is 0.983. The average Bonchev–Trinajstić information content (AvgIpc) is 2.54. The van der Waals surface area contributed by atoms with Gasteiger partial charge in [-0.15, -0.1) is 0 Å². The van der Waals surface area contributed by atoms with Gasteiger partial charge in [0, 0.05) is 18.9 Å². The Bertz CT molecular complexity index is 599. The van der Waals surface area contributed by atoms with Crippen molar-refractivity contribution in [1.82, 2.24) is 10.4 Å². The van der Waals surface area contributed by atoms with Crippen molar-refractivity contribution in [1.29, 1.82) is 0 Å². The number of rotatable bonds is 14. The van der Waals surface area contributed by atoms with Crippen LogP contribution in [0.2, 0.25) is 0 Å². The molecule has 1 amide bonds. The molecular formula is C13H24N3O10P. The van der Waals surface area contributed by atoms with Gasteiger partial charge in [-0.25, -0.2) is 9.65 Å². The largest absolute Gasteiger partial charge is 0.481 e. The molecule has 0 aromatic heterocycles. The summed E-state index contributed by atoms with van der Waals surface area (Å²) in [6.07, 6.45) is -1.24. The molecule has 0 bridgehead atoms. The van der Waals surface area contributed by atoms with E-state index < -0.39 is 69.1 Å². The van der Waals surface area contributed by atoms with Gasteiger partial charge in [-0.05, 0) is 19.8 Å². The number of nitrogens with one attached hydrogen (secondary N) is 2. The number of carbonyl (C=O) groups excluding carboxylic acids is 1. The van der Waals surface area contributed by atoms with Gasteiger partial charge in [0.05, 0.1) is 6.61 Å². The third-order valence-corrected chi connectivity index (χ3v) is 4.31. The molecule has 1 unspecified atom stereocenters. The Morgan fingerprint density at radius 2 is 1.67 bits per heavy atom. The van der Waals surface area contributed by atoms with E-state index in [1.165, 1.54) is 6.92 Å². The van der Waals surface area contributed by atoms with Crippen LogP contribution < -0.4 is 16.1 Å². The Labute approximate surface area is 154 Å². The lowest BCUT2D eigenvalue weighted by atomic mass is 10.1. The van der Waals surface area contributed by atoms with Crippen molar-refractivity contribution >= 4 is 31.6 Å². The summed E-state index contributed by atoms with van der Waals surface area (Å²) < 4.78 is 16.6. The van der Waals surface area contributed by atoms with Gasteiger partial charge in [0.25, 0.3) is 0 Å². The number of carboxylic acid groups (broad SMARTS) is 3. The van der Waals surface area contributed by atoms with Crippen LogP contribution in [0.5, 0.6) is 0 Å². The van der Waals surface area contributed by atoms with Gasteiger partial charge in [-0.3, -0.25) is 23.7 Å². The highest BCUT2D eigenvalue weighted by atomic mass is 31.2. The zero-order valence-corrected chi connectivity index (χ0v) is 15.4. The topological polar surface area (TPSA) is 226 Å². The van der Waals surface area contributed by atoms with Crippen molar-refractivity contribution in [3.8, 4) is 0 Å². The van der Waals surface area contributed by atoms with Crippen LogP contribution in [0.25, 0.3) is 0 Å². The summed E-state index contributed by atoms with van der Waals surface area (Å²) in [5.41, 5.74) is 5.26. The molecule has 13 nitrogen and oxygen atoms in total. The lowest BCUT2D eigenvalue weighted by Crippen LogP contribution is -2.39. The highest BCUT2D eigenvalue weighted by molar-refractivity contribution is 7.50. The summed E-state index contributed by atoms with van der Waals surface area (Å²) in [6, 6.07) is -3.55. The number of hydrogen-bond acceptors (Lipinski definition) is 7. The number of amides is 1. The summed E-state index contributed by atoms with van der Waals surface area (Å²) in [7, 11) is -4.58. The maximum absolute atomic E-state index is 11.9. The Morgan fingerprint density at radius 1 is 1.07 bits per heavy atom. The Balaban J connectivity index is 4.42. The van der Waals surface area contributed by atoms with Gasteiger partial charge < -0.3 is 31.3 Å². The van der Waals surface area contributed by atoms with E-state index in [0.717, 1.165) is 0 Å². The van der Waals surface area contributed by atoms with E-state index >= 15 is 0 Å². The van der Waals surface area contributed by atoms with E-state index in [4.69, 9.17) is 25.6 Å². The minimum absolute atomic E-state index is 0.0986. The second-order valence-corrected chi connectivity index (χ2v) is 7.28. The Hall–Kier alpha value is -2.05.